The molecule has 1 amide bonds. The Labute approximate surface area is 229 Å². The van der Waals surface area contributed by atoms with Crippen molar-refractivity contribution in [1.82, 2.24) is 24.3 Å². The molecule has 1 saturated carbocycles. The van der Waals surface area contributed by atoms with Crippen LogP contribution in [0.5, 0.6) is 0 Å². The second kappa shape index (κ2) is 9.32. The predicted octanol–water partition coefficient (Wildman–Crippen LogP) is 5.03. The van der Waals surface area contributed by atoms with Crippen molar-refractivity contribution in [2.24, 2.45) is 5.92 Å². The zero-order valence-electron chi connectivity index (χ0n) is 23.2. The predicted molar refractivity (Wildman–Crippen MR) is 144 cm³/mol. The number of hydrogen-bond donors (Lipinski definition) is 0. The highest BCUT2D eigenvalue weighted by Crippen LogP contribution is 2.49. The summed E-state index contributed by atoms with van der Waals surface area (Å²) in [6, 6.07) is 2.11. The molecule has 5 heterocycles. The minimum atomic E-state index is -0.622. The number of likely N-dealkylation sites (tertiary alicyclic amines) is 2. The van der Waals surface area contributed by atoms with Crippen molar-refractivity contribution >= 4 is 28.7 Å². The smallest absolute Gasteiger partial charge is 0.410 e. The maximum absolute atomic E-state index is 12.7. The Morgan fingerprint density at radius 2 is 1.87 bits per heavy atom. The van der Waals surface area contributed by atoms with Crippen LogP contribution in [-0.4, -0.2) is 85.7 Å². The average molecular weight is 546 g/mol. The fourth-order valence-electron chi connectivity index (χ4n) is 7.28. The molecule has 2 aromatic rings. The molecule has 3 aliphatic heterocycles. The quantitative estimate of drug-likeness (QED) is 0.500. The monoisotopic (exact) mass is 545 g/mol. The van der Waals surface area contributed by atoms with Gasteiger partial charge in [0.25, 0.3) is 0 Å². The van der Waals surface area contributed by atoms with Gasteiger partial charge in [-0.05, 0) is 79.3 Å². The third kappa shape index (κ3) is 4.69. The van der Waals surface area contributed by atoms with Gasteiger partial charge in [-0.1, -0.05) is 11.6 Å². The maximum atomic E-state index is 12.7. The van der Waals surface area contributed by atoms with Gasteiger partial charge in [0.1, 0.15) is 28.8 Å². The van der Waals surface area contributed by atoms with Crippen LogP contribution in [0, 0.1) is 5.92 Å². The standard InChI is InChI=1S/C28H40ClN5O4/c1-26(2,3)38-25(35)32-13-9-28(10-14-32)8-6-11-33(28)16-18-15-20(22-21(18)36-27(4,5)37-22)34-12-7-19-23(29)30-17-31-24(19)34/h7,12,17-18,20-22H,6,8-11,13-16H2,1-5H3/t18-,20-,21-,22+/m1/s1. The van der Waals surface area contributed by atoms with Gasteiger partial charge >= 0.3 is 6.09 Å². The van der Waals surface area contributed by atoms with Gasteiger partial charge in [0.15, 0.2) is 5.79 Å². The second-order valence-electron chi connectivity index (χ2n) is 13.0. The first-order valence-corrected chi connectivity index (χ1v) is 14.4. The fraction of sp³-hybridized carbons (Fsp3) is 0.750. The van der Waals surface area contributed by atoms with Gasteiger partial charge in [-0.25, -0.2) is 14.8 Å². The van der Waals surface area contributed by atoms with Crippen LogP contribution < -0.4 is 0 Å². The highest BCUT2D eigenvalue weighted by molar-refractivity contribution is 6.33. The molecule has 0 radical (unpaired) electrons. The molecule has 9 nitrogen and oxygen atoms in total. The lowest BCUT2D eigenvalue weighted by Crippen LogP contribution is -2.55. The van der Waals surface area contributed by atoms with Crippen molar-refractivity contribution in [3.05, 3.63) is 23.7 Å². The van der Waals surface area contributed by atoms with E-state index in [4.69, 9.17) is 25.8 Å². The molecule has 208 valence electrons. The summed E-state index contributed by atoms with van der Waals surface area (Å²) < 4.78 is 20.9. The van der Waals surface area contributed by atoms with E-state index in [0.717, 1.165) is 56.5 Å². The third-order valence-electron chi connectivity index (χ3n) is 8.91. The Bertz CT molecular complexity index is 1200. The van der Waals surface area contributed by atoms with Crippen molar-refractivity contribution in [2.45, 2.75) is 102 Å². The van der Waals surface area contributed by atoms with Crippen LogP contribution in [0.2, 0.25) is 5.15 Å². The fourth-order valence-corrected chi connectivity index (χ4v) is 7.47. The Hall–Kier alpha value is -1.94. The van der Waals surface area contributed by atoms with Crippen molar-refractivity contribution in [2.75, 3.05) is 26.2 Å². The molecule has 6 rings (SSSR count). The SMILES string of the molecule is CC(C)(C)OC(=O)N1CCC2(CCCN2C[C@H]2C[C@@H](n3ccc4c(Cl)ncnc43)[C@@H]3OC(C)(C)O[C@H]23)CC1. The van der Waals surface area contributed by atoms with Gasteiger partial charge in [0, 0.05) is 37.3 Å². The Kier molecular flexibility index (Phi) is 6.45. The van der Waals surface area contributed by atoms with Crippen molar-refractivity contribution in [3.8, 4) is 0 Å². The molecule has 1 aliphatic carbocycles. The number of carbonyl (C=O) groups excluding carboxylic acids is 1. The molecule has 4 aliphatic rings. The molecule has 10 heteroatoms. The van der Waals surface area contributed by atoms with Crippen LogP contribution in [-0.2, 0) is 14.2 Å². The highest BCUT2D eigenvalue weighted by atomic mass is 35.5. The lowest BCUT2D eigenvalue weighted by atomic mass is 9.84. The number of piperidine rings is 1. The van der Waals surface area contributed by atoms with Crippen molar-refractivity contribution in [3.63, 3.8) is 0 Å². The van der Waals surface area contributed by atoms with Crippen LogP contribution in [0.15, 0.2) is 18.6 Å². The Morgan fingerprint density at radius 3 is 2.61 bits per heavy atom. The zero-order valence-corrected chi connectivity index (χ0v) is 23.9. The molecule has 0 unspecified atom stereocenters. The first-order chi connectivity index (χ1) is 17.9. The van der Waals surface area contributed by atoms with Crippen molar-refractivity contribution < 1.29 is 19.0 Å². The van der Waals surface area contributed by atoms with Crippen LogP contribution >= 0.6 is 11.6 Å². The lowest BCUT2D eigenvalue weighted by molar-refractivity contribution is -0.161. The number of ether oxygens (including phenoxy) is 3. The molecule has 4 fully saturated rings. The normalized spacial score (nSPS) is 30.8. The number of aromatic nitrogens is 3. The molecule has 0 N–H and O–H groups in total. The summed E-state index contributed by atoms with van der Waals surface area (Å²) in [5, 5.41) is 1.34. The summed E-state index contributed by atoms with van der Waals surface area (Å²) in [6.45, 7) is 13.3. The minimum absolute atomic E-state index is 0.0178. The number of amides is 1. The number of rotatable bonds is 3. The summed E-state index contributed by atoms with van der Waals surface area (Å²) in [5.74, 6) is -0.288. The number of nitrogens with zero attached hydrogens (tertiary/aromatic N) is 5. The van der Waals surface area contributed by atoms with Gasteiger partial charge < -0.3 is 23.7 Å². The van der Waals surface area contributed by atoms with E-state index in [1.165, 1.54) is 19.2 Å². The summed E-state index contributed by atoms with van der Waals surface area (Å²) in [7, 11) is 0. The number of fused-ring (bicyclic) bond motifs is 2. The van der Waals surface area contributed by atoms with E-state index in [1.807, 2.05) is 45.6 Å². The topological polar surface area (TPSA) is 82.0 Å². The Balaban J connectivity index is 1.19. The summed E-state index contributed by atoms with van der Waals surface area (Å²) in [6.07, 6.45) is 8.65. The first-order valence-electron chi connectivity index (χ1n) is 14.0. The molecule has 4 atom stereocenters. The number of carbonyl (C=O) groups is 1. The van der Waals surface area contributed by atoms with Gasteiger partial charge in [-0.15, -0.1) is 0 Å². The van der Waals surface area contributed by atoms with E-state index in [0.29, 0.717) is 11.1 Å². The first kappa shape index (κ1) is 26.3. The number of hydrogen-bond acceptors (Lipinski definition) is 7. The van der Waals surface area contributed by atoms with E-state index in [2.05, 4.69) is 25.6 Å². The lowest BCUT2D eigenvalue weighted by Gasteiger charge is -2.46. The van der Waals surface area contributed by atoms with Crippen LogP contribution in [0.3, 0.4) is 0 Å². The van der Waals surface area contributed by atoms with Gasteiger partial charge in [-0.3, -0.25) is 4.90 Å². The van der Waals surface area contributed by atoms with E-state index in [-0.39, 0.29) is 29.9 Å². The molecule has 0 aromatic carbocycles. The third-order valence-corrected chi connectivity index (χ3v) is 9.21. The van der Waals surface area contributed by atoms with E-state index >= 15 is 0 Å². The molecule has 3 saturated heterocycles. The summed E-state index contributed by atoms with van der Waals surface area (Å²) >= 11 is 6.36. The molecular weight excluding hydrogens is 506 g/mol. The van der Waals surface area contributed by atoms with E-state index in [1.54, 1.807) is 0 Å². The largest absolute Gasteiger partial charge is 0.444 e. The van der Waals surface area contributed by atoms with Crippen molar-refractivity contribution in [1.29, 1.82) is 0 Å². The van der Waals surface area contributed by atoms with Crippen LogP contribution in [0.1, 0.15) is 72.8 Å². The van der Waals surface area contributed by atoms with E-state index < -0.39 is 11.4 Å². The number of halogens is 1. The Morgan fingerprint density at radius 1 is 1.13 bits per heavy atom. The molecule has 0 bridgehead atoms. The van der Waals surface area contributed by atoms with Gasteiger partial charge in [0.05, 0.1) is 17.5 Å². The van der Waals surface area contributed by atoms with E-state index in [9.17, 15) is 4.79 Å². The van der Waals surface area contributed by atoms with Gasteiger partial charge in [0.2, 0.25) is 0 Å². The molecule has 38 heavy (non-hydrogen) atoms. The second-order valence-corrected chi connectivity index (χ2v) is 13.4. The van der Waals surface area contributed by atoms with Crippen LogP contribution in [0.25, 0.3) is 11.0 Å². The molecule has 2 aromatic heterocycles. The highest BCUT2D eigenvalue weighted by Gasteiger charge is 2.56. The minimum Gasteiger partial charge on any atom is -0.444 e. The molecular formula is C28H40ClN5O4. The van der Waals surface area contributed by atoms with Gasteiger partial charge in [-0.2, -0.15) is 0 Å². The summed E-state index contributed by atoms with van der Waals surface area (Å²) in [5.41, 5.74) is 0.512. The average Bonchev–Trinajstić information content (AvgIpc) is 3.57. The van der Waals surface area contributed by atoms with Crippen LogP contribution in [0.4, 0.5) is 4.79 Å². The molecule has 1 spiro atoms. The maximum Gasteiger partial charge on any atom is 0.410 e. The summed E-state index contributed by atoms with van der Waals surface area (Å²) in [4.78, 5) is 26.0. The zero-order chi connectivity index (χ0) is 26.9.